The van der Waals surface area contributed by atoms with Gasteiger partial charge in [0.2, 0.25) is 11.8 Å². The van der Waals surface area contributed by atoms with Gasteiger partial charge in [0.1, 0.15) is 0 Å². The van der Waals surface area contributed by atoms with Crippen LogP contribution in [0.3, 0.4) is 0 Å². The second-order valence-electron chi connectivity index (χ2n) is 8.05. The van der Waals surface area contributed by atoms with Gasteiger partial charge in [-0.1, -0.05) is 43.2 Å². The minimum Gasteiger partial charge on any atom is -0.326 e. The van der Waals surface area contributed by atoms with Crippen LogP contribution in [0, 0.1) is 0 Å². The highest BCUT2D eigenvalue weighted by molar-refractivity contribution is 8.00. The van der Waals surface area contributed by atoms with Crippen molar-refractivity contribution in [1.82, 2.24) is 9.55 Å². The normalized spacial score (nSPS) is 15.5. The average molecular weight is 437 g/mol. The Morgan fingerprint density at radius 3 is 2.32 bits per heavy atom. The van der Waals surface area contributed by atoms with Crippen molar-refractivity contribution >= 4 is 46.0 Å². The molecule has 31 heavy (non-hydrogen) atoms. The molecular weight excluding hydrogens is 408 g/mol. The summed E-state index contributed by atoms with van der Waals surface area (Å²) in [5.41, 5.74) is 3.54. The van der Waals surface area contributed by atoms with E-state index in [0.29, 0.717) is 17.4 Å². The average Bonchev–Trinajstić information content (AvgIpc) is 3.13. The third-order valence-electron chi connectivity index (χ3n) is 5.63. The number of para-hydroxylation sites is 2. The maximum absolute atomic E-state index is 12.8. The maximum atomic E-state index is 12.8. The number of amides is 2. The molecule has 0 bridgehead atoms. The highest BCUT2D eigenvalue weighted by Gasteiger charge is 2.24. The van der Waals surface area contributed by atoms with Crippen molar-refractivity contribution in [3.63, 3.8) is 0 Å². The quantitative estimate of drug-likeness (QED) is 0.492. The summed E-state index contributed by atoms with van der Waals surface area (Å²) in [6.45, 7) is 3.38. The van der Waals surface area contributed by atoms with Gasteiger partial charge in [-0.3, -0.25) is 9.59 Å². The van der Waals surface area contributed by atoms with Gasteiger partial charge in [0.15, 0.2) is 5.16 Å². The minimum atomic E-state index is -0.297. The number of thioether (sulfide) groups is 1. The number of carbonyl (C=O) groups is 2. The van der Waals surface area contributed by atoms with Crippen LogP contribution >= 0.6 is 11.8 Å². The van der Waals surface area contributed by atoms with E-state index in [1.807, 2.05) is 19.1 Å². The van der Waals surface area contributed by atoms with Crippen molar-refractivity contribution in [2.45, 2.75) is 62.4 Å². The highest BCUT2D eigenvalue weighted by Crippen LogP contribution is 2.36. The fourth-order valence-corrected chi connectivity index (χ4v) is 5.09. The molecule has 1 aliphatic carbocycles. The molecule has 0 radical (unpaired) electrons. The van der Waals surface area contributed by atoms with E-state index in [9.17, 15) is 9.59 Å². The molecule has 1 aliphatic rings. The third kappa shape index (κ3) is 5.10. The second kappa shape index (κ2) is 9.56. The lowest BCUT2D eigenvalue weighted by atomic mass is 9.95. The van der Waals surface area contributed by atoms with Gasteiger partial charge < -0.3 is 15.2 Å². The zero-order chi connectivity index (χ0) is 21.8. The zero-order valence-corrected chi connectivity index (χ0v) is 18.7. The van der Waals surface area contributed by atoms with Crippen LogP contribution in [0.5, 0.6) is 0 Å². The molecule has 6 nitrogen and oxygen atoms in total. The Hall–Kier alpha value is -2.80. The van der Waals surface area contributed by atoms with Crippen molar-refractivity contribution in [3.05, 3.63) is 48.5 Å². The first kappa shape index (κ1) is 21.4. The number of anilines is 2. The van der Waals surface area contributed by atoms with E-state index >= 15 is 0 Å². The van der Waals surface area contributed by atoms with Crippen LogP contribution in [0.15, 0.2) is 53.7 Å². The van der Waals surface area contributed by atoms with Crippen LogP contribution in [0.1, 0.15) is 52.0 Å². The van der Waals surface area contributed by atoms with E-state index < -0.39 is 0 Å². The molecule has 4 rings (SSSR count). The summed E-state index contributed by atoms with van der Waals surface area (Å²) in [6, 6.07) is 15.8. The Balaban J connectivity index is 1.49. The standard InChI is InChI=1S/C24H28N4O2S/c1-16(23(30)26-19-14-12-18(13-15-19)25-17(2)29)31-24-27-21-10-6-7-11-22(21)28(24)20-8-4-3-5-9-20/h6-7,10-16,20H,3-5,8-9H2,1-2H3,(H,25,29)(H,26,30). The molecule has 1 aromatic heterocycles. The molecule has 2 N–H and O–H groups in total. The summed E-state index contributed by atoms with van der Waals surface area (Å²) < 4.78 is 2.35. The van der Waals surface area contributed by atoms with Crippen LogP contribution in [-0.2, 0) is 9.59 Å². The molecule has 2 amide bonds. The third-order valence-corrected chi connectivity index (χ3v) is 6.69. The predicted molar refractivity (Wildman–Crippen MR) is 127 cm³/mol. The molecule has 1 atom stereocenters. The zero-order valence-electron chi connectivity index (χ0n) is 17.9. The number of nitrogens with one attached hydrogen (secondary N) is 2. The first-order valence-corrected chi connectivity index (χ1v) is 11.7. The summed E-state index contributed by atoms with van der Waals surface area (Å²) >= 11 is 1.51. The van der Waals surface area contributed by atoms with Gasteiger partial charge in [0, 0.05) is 24.3 Å². The number of fused-ring (bicyclic) bond motifs is 1. The number of imidazole rings is 1. The predicted octanol–water partition coefficient (Wildman–Crippen LogP) is 5.62. The number of hydrogen-bond donors (Lipinski definition) is 2. The van der Waals surface area contributed by atoms with Gasteiger partial charge in [-0.15, -0.1) is 0 Å². The van der Waals surface area contributed by atoms with Crippen LogP contribution in [0.2, 0.25) is 0 Å². The van der Waals surface area contributed by atoms with Gasteiger partial charge >= 0.3 is 0 Å². The largest absolute Gasteiger partial charge is 0.326 e. The van der Waals surface area contributed by atoms with Gasteiger partial charge in [-0.05, 0) is 56.2 Å². The molecule has 1 saturated carbocycles. The Morgan fingerprint density at radius 1 is 1.00 bits per heavy atom. The van der Waals surface area contributed by atoms with Gasteiger partial charge in [-0.2, -0.15) is 0 Å². The molecule has 1 unspecified atom stereocenters. The molecule has 0 aliphatic heterocycles. The van der Waals surface area contributed by atoms with Crippen molar-refractivity contribution in [2.75, 3.05) is 10.6 Å². The van der Waals surface area contributed by atoms with E-state index in [4.69, 9.17) is 4.98 Å². The first-order valence-electron chi connectivity index (χ1n) is 10.8. The molecule has 0 spiro atoms. The SMILES string of the molecule is CC(=O)Nc1ccc(NC(=O)C(C)Sc2nc3ccccc3n2C2CCCCC2)cc1. The number of carbonyl (C=O) groups excluding carboxylic acids is 2. The lowest BCUT2D eigenvalue weighted by molar-refractivity contribution is -0.115. The molecular formula is C24H28N4O2S. The summed E-state index contributed by atoms with van der Waals surface area (Å²) in [6.07, 6.45) is 6.10. The van der Waals surface area contributed by atoms with E-state index in [1.54, 1.807) is 24.3 Å². The Bertz CT molecular complexity index is 1070. The van der Waals surface area contributed by atoms with Gasteiger partial charge in [0.05, 0.1) is 16.3 Å². The lowest BCUT2D eigenvalue weighted by Crippen LogP contribution is -2.23. The van der Waals surface area contributed by atoms with Gasteiger partial charge in [0.25, 0.3) is 0 Å². The first-order chi connectivity index (χ1) is 15.0. The van der Waals surface area contributed by atoms with Gasteiger partial charge in [-0.25, -0.2) is 4.98 Å². The van der Waals surface area contributed by atoms with E-state index in [0.717, 1.165) is 29.0 Å². The fraction of sp³-hybridized carbons (Fsp3) is 0.375. The summed E-state index contributed by atoms with van der Waals surface area (Å²) in [4.78, 5) is 28.9. The second-order valence-corrected chi connectivity index (χ2v) is 9.36. The molecule has 162 valence electrons. The van der Waals surface area contributed by atoms with Crippen LogP contribution < -0.4 is 10.6 Å². The maximum Gasteiger partial charge on any atom is 0.237 e. The fourth-order valence-electron chi connectivity index (χ4n) is 4.09. The van der Waals surface area contributed by atoms with E-state index in [2.05, 4.69) is 27.3 Å². The highest BCUT2D eigenvalue weighted by atomic mass is 32.2. The Kier molecular flexibility index (Phi) is 6.61. The van der Waals surface area contributed by atoms with Crippen molar-refractivity contribution in [2.24, 2.45) is 0 Å². The number of benzene rings is 2. The topological polar surface area (TPSA) is 76.0 Å². The lowest BCUT2D eigenvalue weighted by Gasteiger charge is -2.25. The van der Waals surface area contributed by atoms with Crippen molar-refractivity contribution in [1.29, 1.82) is 0 Å². The molecule has 0 saturated heterocycles. The van der Waals surface area contributed by atoms with E-state index in [-0.39, 0.29) is 17.1 Å². The van der Waals surface area contributed by atoms with Crippen LogP contribution in [0.25, 0.3) is 11.0 Å². The smallest absolute Gasteiger partial charge is 0.237 e. The molecule has 2 aromatic carbocycles. The number of rotatable bonds is 6. The summed E-state index contributed by atoms with van der Waals surface area (Å²) in [5, 5.41) is 6.31. The molecule has 7 heteroatoms. The minimum absolute atomic E-state index is 0.0699. The van der Waals surface area contributed by atoms with E-state index in [1.165, 1.54) is 37.9 Å². The molecule has 1 fully saturated rings. The Labute approximate surface area is 186 Å². The number of nitrogens with zero attached hydrogens (tertiary/aromatic N) is 2. The van der Waals surface area contributed by atoms with Crippen LogP contribution in [0.4, 0.5) is 11.4 Å². The molecule has 1 heterocycles. The monoisotopic (exact) mass is 436 g/mol. The number of hydrogen-bond acceptors (Lipinski definition) is 4. The molecule has 3 aromatic rings. The Morgan fingerprint density at radius 2 is 1.65 bits per heavy atom. The van der Waals surface area contributed by atoms with Crippen molar-refractivity contribution in [3.8, 4) is 0 Å². The summed E-state index contributed by atoms with van der Waals surface area (Å²) in [7, 11) is 0. The number of aromatic nitrogens is 2. The summed E-state index contributed by atoms with van der Waals surface area (Å²) in [5.74, 6) is -0.192. The van der Waals surface area contributed by atoms with Crippen molar-refractivity contribution < 1.29 is 9.59 Å². The van der Waals surface area contributed by atoms with Crippen LogP contribution in [-0.4, -0.2) is 26.6 Å².